The fraction of sp³-hybridized carbons (Fsp3) is 0.219. The van der Waals surface area contributed by atoms with Crippen LogP contribution in [0.1, 0.15) is 45.0 Å². The van der Waals surface area contributed by atoms with Crippen LogP contribution < -0.4 is 9.80 Å². The Hall–Kier alpha value is -4.05. The molecule has 0 aromatic heterocycles. The lowest BCUT2D eigenvalue weighted by atomic mass is 9.75. The van der Waals surface area contributed by atoms with E-state index < -0.39 is 5.60 Å². The standard InChI is InChI=1S/C32H32N2O2/c1-33(2)26-18-14-24(15-19-26)29(23-10-6-5-7-11-23)22-32(25-16-20-27(21-17-25)34(3)4)30-13-9-8-12-28(30)31(35)36-32/h5-21,29H,22H2,1-4H3. The molecule has 0 aliphatic carbocycles. The van der Waals surface area contributed by atoms with E-state index in [-0.39, 0.29) is 11.9 Å². The number of anilines is 2. The van der Waals surface area contributed by atoms with E-state index in [0.29, 0.717) is 12.0 Å². The maximum absolute atomic E-state index is 13.2. The van der Waals surface area contributed by atoms with Gasteiger partial charge in [-0.25, -0.2) is 4.79 Å². The molecule has 0 spiro atoms. The smallest absolute Gasteiger partial charge is 0.339 e. The van der Waals surface area contributed by atoms with Crippen molar-refractivity contribution >= 4 is 17.3 Å². The van der Waals surface area contributed by atoms with Crippen molar-refractivity contribution in [3.63, 3.8) is 0 Å². The number of fused-ring (bicyclic) bond motifs is 1. The Morgan fingerprint density at radius 3 is 1.81 bits per heavy atom. The number of cyclic esters (lactones) is 1. The number of carbonyl (C=O) groups is 1. The van der Waals surface area contributed by atoms with E-state index in [4.69, 9.17) is 4.74 Å². The summed E-state index contributed by atoms with van der Waals surface area (Å²) in [6, 6.07) is 35.4. The van der Waals surface area contributed by atoms with Gasteiger partial charge in [0.2, 0.25) is 0 Å². The first-order valence-electron chi connectivity index (χ1n) is 12.3. The third-order valence-electron chi connectivity index (χ3n) is 7.20. The van der Waals surface area contributed by atoms with Crippen molar-refractivity contribution in [2.75, 3.05) is 38.0 Å². The summed E-state index contributed by atoms with van der Waals surface area (Å²) >= 11 is 0. The van der Waals surface area contributed by atoms with Crippen LogP contribution in [0.3, 0.4) is 0 Å². The number of carbonyl (C=O) groups excluding carboxylic acids is 1. The van der Waals surface area contributed by atoms with Gasteiger partial charge in [0, 0.05) is 63.0 Å². The lowest BCUT2D eigenvalue weighted by Crippen LogP contribution is -2.31. The zero-order valence-electron chi connectivity index (χ0n) is 21.3. The third-order valence-corrected chi connectivity index (χ3v) is 7.20. The Labute approximate surface area is 213 Å². The van der Waals surface area contributed by atoms with Gasteiger partial charge in [0.25, 0.3) is 0 Å². The van der Waals surface area contributed by atoms with Gasteiger partial charge in [-0.1, -0.05) is 72.8 Å². The highest BCUT2D eigenvalue weighted by molar-refractivity contribution is 5.95. The van der Waals surface area contributed by atoms with E-state index in [9.17, 15) is 4.79 Å². The van der Waals surface area contributed by atoms with Gasteiger partial charge in [-0.15, -0.1) is 0 Å². The summed E-state index contributed by atoms with van der Waals surface area (Å²) in [5, 5.41) is 0. The zero-order chi connectivity index (χ0) is 25.3. The lowest BCUT2D eigenvalue weighted by Gasteiger charge is -2.34. The molecule has 0 N–H and O–H groups in total. The Bertz CT molecular complexity index is 1350. The number of nitrogens with zero attached hydrogens (tertiary/aromatic N) is 2. The van der Waals surface area contributed by atoms with Gasteiger partial charge < -0.3 is 14.5 Å². The first-order chi connectivity index (χ1) is 17.4. The molecule has 0 saturated carbocycles. The normalized spacial score (nSPS) is 17.3. The van der Waals surface area contributed by atoms with Gasteiger partial charge in [-0.05, 0) is 41.5 Å². The lowest BCUT2D eigenvalue weighted by molar-refractivity contribution is 0.00559. The first kappa shape index (κ1) is 23.7. The summed E-state index contributed by atoms with van der Waals surface area (Å²) in [6.45, 7) is 0. The number of ether oxygens (including phenoxy) is 1. The van der Waals surface area contributed by atoms with Gasteiger partial charge in [0.05, 0.1) is 5.56 Å². The van der Waals surface area contributed by atoms with Crippen molar-refractivity contribution < 1.29 is 9.53 Å². The average molecular weight is 477 g/mol. The van der Waals surface area contributed by atoms with Crippen LogP contribution in [0.4, 0.5) is 11.4 Å². The molecular formula is C32H32N2O2. The Balaban J connectivity index is 1.67. The topological polar surface area (TPSA) is 32.8 Å². The summed E-state index contributed by atoms with van der Waals surface area (Å²) in [6.07, 6.45) is 0.600. The van der Waals surface area contributed by atoms with Crippen LogP contribution in [0.2, 0.25) is 0 Å². The minimum atomic E-state index is -0.890. The Morgan fingerprint density at radius 1 is 0.667 bits per heavy atom. The minimum absolute atomic E-state index is 0.0230. The van der Waals surface area contributed by atoms with Crippen molar-refractivity contribution in [1.82, 2.24) is 0 Å². The van der Waals surface area contributed by atoms with Crippen LogP contribution in [0, 0.1) is 0 Å². The SMILES string of the molecule is CN(C)c1ccc(C(CC2(c3ccc(N(C)C)cc3)OC(=O)c3ccccc32)c2ccccc2)cc1. The highest BCUT2D eigenvalue weighted by Gasteiger charge is 2.48. The summed E-state index contributed by atoms with van der Waals surface area (Å²) < 4.78 is 6.38. The number of esters is 1. The van der Waals surface area contributed by atoms with Crippen LogP contribution in [0.25, 0.3) is 0 Å². The fourth-order valence-corrected chi connectivity index (χ4v) is 5.20. The maximum Gasteiger partial charge on any atom is 0.339 e. The van der Waals surface area contributed by atoms with Gasteiger partial charge >= 0.3 is 5.97 Å². The minimum Gasteiger partial charge on any atom is -0.446 e. The summed E-state index contributed by atoms with van der Waals surface area (Å²) in [7, 11) is 8.15. The number of hydrogen-bond donors (Lipinski definition) is 0. The molecule has 1 aliphatic heterocycles. The Morgan fingerprint density at radius 2 is 1.19 bits per heavy atom. The fourth-order valence-electron chi connectivity index (χ4n) is 5.20. The maximum atomic E-state index is 13.2. The molecule has 1 aliphatic rings. The molecular weight excluding hydrogens is 444 g/mol. The molecule has 0 amide bonds. The molecule has 36 heavy (non-hydrogen) atoms. The molecule has 0 radical (unpaired) electrons. The second-order valence-corrected chi connectivity index (χ2v) is 9.86. The van der Waals surface area contributed by atoms with E-state index in [0.717, 1.165) is 22.5 Å². The molecule has 4 heteroatoms. The predicted octanol–water partition coefficient (Wildman–Crippen LogP) is 6.45. The zero-order valence-corrected chi connectivity index (χ0v) is 21.3. The molecule has 182 valence electrons. The van der Waals surface area contributed by atoms with Crippen LogP contribution in [0.5, 0.6) is 0 Å². The largest absolute Gasteiger partial charge is 0.446 e. The van der Waals surface area contributed by atoms with Gasteiger partial charge in [0.15, 0.2) is 5.60 Å². The third kappa shape index (κ3) is 4.24. The number of rotatable bonds is 7. The summed E-state index contributed by atoms with van der Waals surface area (Å²) in [4.78, 5) is 17.3. The molecule has 1 heterocycles. The van der Waals surface area contributed by atoms with Crippen molar-refractivity contribution in [1.29, 1.82) is 0 Å². The molecule has 0 saturated heterocycles. The average Bonchev–Trinajstić information content (AvgIpc) is 3.20. The summed E-state index contributed by atoms with van der Waals surface area (Å²) in [5.74, 6) is -0.244. The van der Waals surface area contributed by atoms with Crippen LogP contribution in [-0.4, -0.2) is 34.2 Å². The van der Waals surface area contributed by atoms with Crippen LogP contribution >= 0.6 is 0 Å². The number of benzene rings is 4. The molecule has 4 aromatic rings. The molecule has 2 unspecified atom stereocenters. The predicted molar refractivity (Wildman–Crippen MR) is 147 cm³/mol. The van der Waals surface area contributed by atoms with E-state index in [2.05, 4.69) is 82.6 Å². The molecule has 5 rings (SSSR count). The van der Waals surface area contributed by atoms with Gasteiger partial charge in [-0.2, -0.15) is 0 Å². The van der Waals surface area contributed by atoms with Crippen molar-refractivity contribution in [3.05, 3.63) is 131 Å². The molecule has 4 nitrogen and oxygen atoms in total. The van der Waals surface area contributed by atoms with Crippen LogP contribution in [0.15, 0.2) is 103 Å². The quantitative estimate of drug-likeness (QED) is 0.287. The van der Waals surface area contributed by atoms with Gasteiger partial charge in [-0.3, -0.25) is 0 Å². The Kier molecular flexibility index (Phi) is 6.27. The first-order valence-corrected chi connectivity index (χ1v) is 12.3. The molecule has 4 aromatic carbocycles. The van der Waals surface area contributed by atoms with Gasteiger partial charge in [0.1, 0.15) is 0 Å². The molecule has 2 atom stereocenters. The highest BCUT2D eigenvalue weighted by atomic mass is 16.6. The van der Waals surface area contributed by atoms with E-state index in [1.54, 1.807) is 0 Å². The summed E-state index contributed by atoms with van der Waals surface area (Å²) in [5.41, 5.74) is 6.30. The monoisotopic (exact) mass is 476 g/mol. The van der Waals surface area contributed by atoms with E-state index in [1.807, 2.05) is 58.5 Å². The van der Waals surface area contributed by atoms with Crippen LogP contribution in [-0.2, 0) is 10.3 Å². The van der Waals surface area contributed by atoms with Crippen molar-refractivity contribution in [2.45, 2.75) is 17.9 Å². The molecule has 0 fully saturated rings. The second kappa shape index (κ2) is 9.54. The number of hydrogen-bond acceptors (Lipinski definition) is 4. The van der Waals surface area contributed by atoms with E-state index >= 15 is 0 Å². The van der Waals surface area contributed by atoms with Crippen molar-refractivity contribution in [2.24, 2.45) is 0 Å². The second-order valence-electron chi connectivity index (χ2n) is 9.86. The molecule has 0 bridgehead atoms. The van der Waals surface area contributed by atoms with E-state index in [1.165, 1.54) is 11.1 Å². The highest BCUT2D eigenvalue weighted by Crippen LogP contribution is 2.49. The van der Waals surface area contributed by atoms with Crippen molar-refractivity contribution in [3.8, 4) is 0 Å².